The van der Waals surface area contributed by atoms with Crippen LogP contribution < -0.4 is 4.90 Å². The fourth-order valence-electron chi connectivity index (χ4n) is 2.74. The molecule has 2 saturated heterocycles. The van der Waals surface area contributed by atoms with Gasteiger partial charge < -0.3 is 4.90 Å². The van der Waals surface area contributed by atoms with E-state index < -0.39 is 0 Å². The minimum Gasteiger partial charge on any atom is -0.308 e. The van der Waals surface area contributed by atoms with Crippen molar-refractivity contribution in [2.45, 2.75) is 19.4 Å². The van der Waals surface area contributed by atoms with Crippen LogP contribution >= 0.6 is 24.0 Å². The second-order valence-corrected chi connectivity index (χ2v) is 7.28. The molecule has 0 aliphatic carbocycles. The van der Waals surface area contributed by atoms with Gasteiger partial charge in [0.15, 0.2) is 0 Å². The van der Waals surface area contributed by atoms with Crippen LogP contribution in [0.15, 0.2) is 53.1 Å². The number of nitrogens with one attached hydrogen (secondary N) is 1. The Morgan fingerprint density at radius 2 is 2.09 bits per heavy atom. The molecule has 2 fully saturated rings. The zero-order valence-corrected chi connectivity index (χ0v) is 14.2. The summed E-state index contributed by atoms with van der Waals surface area (Å²) in [5, 5.41) is 0. The molecule has 0 bridgehead atoms. The first-order valence-electron chi connectivity index (χ1n) is 7.46. The molecule has 114 valence electrons. The van der Waals surface area contributed by atoms with Crippen molar-refractivity contribution in [3.8, 4) is 0 Å². The number of hydrogen-bond acceptors (Lipinski definition) is 3. The Hall–Kier alpha value is -1.43. The largest absolute Gasteiger partial charge is 0.308 e. The highest BCUT2D eigenvalue weighted by Gasteiger charge is 2.31. The van der Waals surface area contributed by atoms with E-state index in [1.165, 1.54) is 35.3 Å². The number of carbonyl (C=O) groups excluding carboxylic acids is 1. The summed E-state index contributed by atoms with van der Waals surface area (Å²) < 4.78 is 0.644. The van der Waals surface area contributed by atoms with Gasteiger partial charge in [-0.15, -0.1) is 0 Å². The van der Waals surface area contributed by atoms with Crippen LogP contribution in [0.4, 0.5) is 0 Å². The van der Waals surface area contributed by atoms with Gasteiger partial charge >= 0.3 is 0 Å². The summed E-state index contributed by atoms with van der Waals surface area (Å²) in [4.78, 5) is 16.4. The first-order valence-corrected chi connectivity index (χ1v) is 8.69. The number of thioether (sulfide) groups is 1. The van der Waals surface area contributed by atoms with Crippen LogP contribution in [0.3, 0.4) is 0 Å². The molecule has 22 heavy (non-hydrogen) atoms. The van der Waals surface area contributed by atoms with E-state index in [4.69, 9.17) is 12.2 Å². The molecule has 2 heterocycles. The van der Waals surface area contributed by atoms with Crippen molar-refractivity contribution in [3.63, 3.8) is 0 Å². The van der Waals surface area contributed by atoms with Gasteiger partial charge in [-0.25, -0.2) is 0 Å². The lowest BCUT2D eigenvalue weighted by Crippen LogP contribution is -3.04. The Labute approximate surface area is 140 Å². The molecule has 1 N–H and O–H groups in total. The molecule has 1 atom stereocenters. The van der Waals surface area contributed by atoms with Gasteiger partial charge in [-0.05, 0) is 17.7 Å². The van der Waals surface area contributed by atoms with Gasteiger partial charge in [-0.3, -0.25) is 9.69 Å². The van der Waals surface area contributed by atoms with Crippen LogP contribution in [-0.4, -0.2) is 28.7 Å². The standard InChI is InChI=1S/C17H18N2OS2/c1-18-11-5-8-14(18)9-10-15-16(20)19(17(21)22-15)12-13-6-3-2-4-7-13/h2-4,6-7,9-10H,5,8,11-12H2,1H3/p+1/b14-9-,15-10-. The lowest BCUT2D eigenvalue weighted by molar-refractivity contribution is -0.828. The second-order valence-electron chi connectivity index (χ2n) is 5.60. The SMILES string of the molecule is C[NH+]1CCC/C1=C/C=C1\SC(=S)N(Cc2ccccc2)C1=O. The molecule has 0 radical (unpaired) electrons. The summed E-state index contributed by atoms with van der Waals surface area (Å²) in [6.07, 6.45) is 6.37. The number of thiocarbonyl (C=S) groups is 1. The molecule has 1 aromatic rings. The highest BCUT2D eigenvalue weighted by atomic mass is 32.2. The fraction of sp³-hybridized carbons (Fsp3) is 0.294. The first-order chi connectivity index (χ1) is 10.6. The quantitative estimate of drug-likeness (QED) is 0.678. The van der Waals surface area contributed by atoms with Gasteiger partial charge in [0.2, 0.25) is 0 Å². The molecular weight excluding hydrogens is 312 g/mol. The Bertz CT molecular complexity index is 652. The number of nitrogens with zero attached hydrogens (tertiary/aromatic N) is 1. The molecule has 1 unspecified atom stereocenters. The molecular formula is C17H19N2OS2+. The van der Waals surface area contributed by atoms with Crippen LogP contribution in [0.5, 0.6) is 0 Å². The third kappa shape index (κ3) is 3.32. The van der Waals surface area contributed by atoms with Crippen LogP contribution in [0.1, 0.15) is 18.4 Å². The van der Waals surface area contributed by atoms with Crippen molar-refractivity contribution < 1.29 is 9.69 Å². The number of rotatable bonds is 3. The van der Waals surface area contributed by atoms with Crippen molar-refractivity contribution >= 4 is 34.2 Å². The highest BCUT2D eigenvalue weighted by Crippen LogP contribution is 2.32. The van der Waals surface area contributed by atoms with Gasteiger partial charge in [-0.1, -0.05) is 54.3 Å². The van der Waals surface area contributed by atoms with E-state index in [2.05, 4.69) is 13.1 Å². The topological polar surface area (TPSA) is 24.8 Å². The number of amides is 1. The summed E-state index contributed by atoms with van der Waals surface area (Å²) in [5.74, 6) is 0.0198. The number of allylic oxidation sites excluding steroid dienone is 3. The Morgan fingerprint density at radius 3 is 2.77 bits per heavy atom. The molecule has 0 saturated carbocycles. The van der Waals surface area contributed by atoms with Crippen LogP contribution in [0.2, 0.25) is 0 Å². The summed E-state index contributed by atoms with van der Waals surface area (Å²) in [6, 6.07) is 9.96. The summed E-state index contributed by atoms with van der Waals surface area (Å²) in [6.45, 7) is 1.72. The summed E-state index contributed by atoms with van der Waals surface area (Å²) in [5.41, 5.74) is 2.46. The monoisotopic (exact) mass is 331 g/mol. The summed E-state index contributed by atoms with van der Waals surface area (Å²) in [7, 11) is 2.17. The maximum absolute atomic E-state index is 12.5. The van der Waals surface area contributed by atoms with Crippen molar-refractivity contribution in [1.82, 2.24) is 4.90 Å². The van der Waals surface area contributed by atoms with E-state index in [-0.39, 0.29) is 5.91 Å². The Kier molecular flexibility index (Phi) is 4.76. The molecule has 5 heteroatoms. The molecule has 2 aliphatic rings. The molecule has 3 nitrogen and oxygen atoms in total. The number of hydrogen-bond donors (Lipinski definition) is 1. The minimum atomic E-state index is 0.0198. The van der Waals surface area contributed by atoms with Gasteiger partial charge in [0.05, 0.1) is 25.0 Å². The molecule has 0 spiro atoms. The van der Waals surface area contributed by atoms with Crippen LogP contribution in [0.25, 0.3) is 0 Å². The molecule has 0 aromatic heterocycles. The van der Waals surface area contributed by atoms with Gasteiger partial charge in [0.25, 0.3) is 5.91 Å². The van der Waals surface area contributed by atoms with Gasteiger partial charge in [0, 0.05) is 12.8 Å². The van der Waals surface area contributed by atoms with Gasteiger partial charge in [-0.2, -0.15) is 0 Å². The average Bonchev–Trinajstić information content (AvgIpc) is 3.04. The lowest BCUT2D eigenvalue weighted by Gasteiger charge is -2.14. The maximum atomic E-state index is 12.5. The minimum absolute atomic E-state index is 0.0198. The van der Waals surface area contributed by atoms with Crippen molar-refractivity contribution in [3.05, 3.63) is 58.6 Å². The average molecular weight is 331 g/mol. The van der Waals surface area contributed by atoms with Gasteiger partial charge in [0.1, 0.15) is 10.0 Å². The third-order valence-corrected chi connectivity index (χ3v) is 5.44. The summed E-state index contributed by atoms with van der Waals surface area (Å²) >= 11 is 6.77. The number of quaternary nitrogens is 1. The van der Waals surface area contributed by atoms with Crippen molar-refractivity contribution in [1.29, 1.82) is 0 Å². The van der Waals surface area contributed by atoms with Crippen LogP contribution in [-0.2, 0) is 11.3 Å². The molecule has 3 rings (SSSR count). The van der Waals surface area contributed by atoms with E-state index in [0.29, 0.717) is 10.9 Å². The normalized spacial score (nSPS) is 25.7. The fourth-order valence-corrected chi connectivity index (χ4v) is 3.93. The number of carbonyl (C=O) groups is 1. The van der Waals surface area contributed by atoms with E-state index in [1.54, 1.807) is 4.90 Å². The lowest BCUT2D eigenvalue weighted by atomic mass is 10.2. The zero-order chi connectivity index (χ0) is 15.5. The Balaban J connectivity index is 1.74. The Morgan fingerprint density at radius 1 is 1.32 bits per heavy atom. The van der Waals surface area contributed by atoms with E-state index in [9.17, 15) is 4.79 Å². The second kappa shape index (κ2) is 6.77. The third-order valence-electron chi connectivity index (χ3n) is 4.04. The zero-order valence-electron chi connectivity index (χ0n) is 12.5. The number of likely N-dealkylation sites (tertiary alicyclic amines) is 1. The maximum Gasteiger partial charge on any atom is 0.266 e. The van der Waals surface area contributed by atoms with Crippen LogP contribution in [0, 0.1) is 0 Å². The predicted molar refractivity (Wildman–Crippen MR) is 94.3 cm³/mol. The number of benzene rings is 1. The smallest absolute Gasteiger partial charge is 0.266 e. The highest BCUT2D eigenvalue weighted by molar-refractivity contribution is 8.26. The van der Waals surface area contributed by atoms with E-state index >= 15 is 0 Å². The van der Waals surface area contributed by atoms with Crippen molar-refractivity contribution in [2.24, 2.45) is 0 Å². The molecule has 1 aromatic carbocycles. The molecule has 1 amide bonds. The first kappa shape index (κ1) is 15.5. The van der Waals surface area contributed by atoms with E-state index in [1.807, 2.05) is 36.4 Å². The van der Waals surface area contributed by atoms with Crippen molar-refractivity contribution in [2.75, 3.05) is 13.6 Å². The van der Waals surface area contributed by atoms with E-state index in [0.717, 1.165) is 16.9 Å². The predicted octanol–water partition coefficient (Wildman–Crippen LogP) is 2.12. The molecule has 2 aliphatic heterocycles.